The maximum absolute atomic E-state index is 5.76. The maximum Gasteiger partial charge on any atom is 0.197 e. The van der Waals surface area contributed by atoms with Crippen LogP contribution in [0.3, 0.4) is 0 Å². The van der Waals surface area contributed by atoms with E-state index in [-0.39, 0.29) is 12.3 Å². The Morgan fingerprint density at radius 3 is 2.50 bits per heavy atom. The minimum absolute atomic E-state index is 0.174. The van der Waals surface area contributed by atoms with Gasteiger partial charge in [-0.05, 0) is 33.3 Å². The Morgan fingerprint density at radius 1 is 1.27 bits per heavy atom. The topological polar surface area (TPSA) is 30.8 Å². The van der Waals surface area contributed by atoms with Gasteiger partial charge in [0.2, 0.25) is 0 Å². The van der Waals surface area contributed by atoms with Gasteiger partial charge in [-0.25, -0.2) is 0 Å². The number of rotatable bonds is 8. The molecule has 0 amide bonds. The van der Waals surface area contributed by atoms with E-state index >= 15 is 0 Å². The summed E-state index contributed by atoms with van der Waals surface area (Å²) < 4.78 is 11.2. The molecule has 0 radical (unpaired) electrons. The molecule has 22 heavy (non-hydrogen) atoms. The van der Waals surface area contributed by atoms with Crippen LogP contribution in [0, 0.1) is 0 Å². The standard InChI is InChI=1S/C18H25NO2S/c1-6-17(21-15(5)20-7-2)18(19-14(3)4)22-13-16-11-9-8-10-12-16/h8-12,14-15H,1,7,13H2,2-5H3. The Balaban J connectivity index is 2.80. The molecule has 120 valence electrons. The fourth-order valence-electron chi connectivity index (χ4n) is 1.72. The molecule has 1 unspecified atom stereocenters. The van der Waals surface area contributed by atoms with Crippen molar-refractivity contribution < 1.29 is 9.47 Å². The van der Waals surface area contributed by atoms with Crippen molar-refractivity contribution in [3.05, 3.63) is 54.0 Å². The molecule has 0 saturated carbocycles. The van der Waals surface area contributed by atoms with E-state index in [2.05, 4.69) is 29.4 Å². The smallest absolute Gasteiger partial charge is 0.197 e. The van der Waals surface area contributed by atoms with Crippen LogP contribution in [0.5, 0.6) is 0 Å². The minimum atomic E-state index is -0.344. The molecular formula is C18H25NO2S. The molecule has 0 N–H and O–H groups in total. The van der Waals surface area contributed by atoms with Crippen molar-refractivity contribution in [2.45, 2.75) is 45.8 Å². The molecular weight excluding hydrogens is 294 g/mol. The van der Waals surface area contributed by atoms with Crippen LogP contribution in [0.4, 0.5) is 0 Å². The molecule has 0 bridgehead atoms. The molecule has 3 nitrogen and oxygen atoms in total. The minimum Gasteiger partial charge on any atom is -0.455 e. The summed E-state index contributed by atoms with van der Waals surface area (Å²) in [6.45, 7) is 12.2. The predicted octanol–water partition coefficient (Wildman–Crippen LogP) is 4.79. The first kappa shape index (κ1) is 18.6. The van der Waals surface area contributed by atoms with Gasteiger partial charge in [0.05, 0.1) is 0 Å². The highest BCUT2D eigenvalue weighted by molar-refractivity contribution is 8.13. The molecule has 0 saturated heterocycles. The van der Waals surface area contributed by atoms with Crippen molar-refractivity contribution in [3.8, 4) is 0 Å². The molecule has 0 aliphatic heterocycles. The summed E-state index contributed by atoms with van der Waals surface area (Å²) in [5.41, 5.74) is 4.09. The van der Waals surface area contributed by atoms with Crippen LogP contribution in [0.25, 0.3) is 0 Å². The normalized spacial score (nSPS) is 12.9. The zero-order valence-electron chi connectivity index (χ0n) is 13.8. The van der Waals surface area contributed by atoms with E-state index < -0.39 is 0 Å². The lowest BCUT2D eigenvalue weighted by molar-refractivity contribution is -0.0932. The monoisotopic (exact) mass is 319 g/mol. The largest absolute Gasteiger partial charge is 0.455 e. The first-order valence-corrected chi connectivity index (χ1v) is 8.48. The summed E-state index contributed by atoms with van der Waals surface area (Å²) in [5.74, 6) is 1.37. The van der Waals surface area contributed by atoms with E-state index in [9.17, 15) is 0 Å². The van der Waals surface area contributed by atoms with E-state index in [1.807, 2.05) is 45.9 Å². The zero-order valence-corrected chi connectivity index (χ0v) is 14.7. The first-order valence-electron chi connectivity index (χ1n) is 7.50. The van der Waals surface area contributed by atoms with Gasteiger partial charge in [-0.3, -0.25) is 4.99 Å². The molecule has 1 aromatic rings. The number of hydrogen-bond acceptors (Lipinski definition) is 4. The van der Waals surface area contributed by atoms with Gasteiger partial charge in [-0.2, -0.15) is 0 Å². The molecule has 0 fully saturated rings. The first-order chi connectivity index (χ1) is 10.6. The van der Waals surface area contributed by atoms with Crippen LogP contribution >= 0.6 is 11.8 Å². The highest BCUT2D eigenvalue weighted by atomic mass is 32.2. The molecule has 0 aliphatic rings. The molecule has 0 spiro atoms. The van der Waals surface area contributed by atoms with E-state index in [1.54, 1.807) is 11.8 Å². The van der Waals surface area contributed by atoms with Crippen molar-refractivity contribution in [2.24, 2.45) is 4.99 Å². The Morgan fingerprint density at radius 2 is 1.95 bits per heavy atom. The predicted molar refractivity (Wildman–Crippen MR) is 95.1 cm³/mol. The van der Waals surface area contributed by atoms with Gasteiger partial charge >= 0.3 is 0 Å². The number of nitrogens with zero attached hydrogens (tertiary/aromatic N) is 1. The van der Waals surface area contributed by atoms with E-state index in [0.29, 0.717) is 12.4 Å². The van der Waals surface area contributed by atoms with Gasteiger partial charge in [-0.1, -0.05) is 54.4 Å². The molecule has 0 aromatic heterocycles. The van der Waals surface area contributed by atoms with Crippen molar-refractivity contribution in [3.63, 3.8) is 0 Å². The highest BCUT2D eigenvalue weighted by Gasteiger charge is 2.14. The van der Waals surface area contributed by atoms with Crippen molar-refractivity contribution in [1.82, 2.24) is 0 Å². The second-order valence-electron chi connectivity index (χ2n) is 4.95. The Hall–Kier alpha value is -1.48. The van der Waals surface area contributed by atoms with Crippen LogP contribution in [0.2, 0.25) is 0 Å². The Kier molecular flexibility index (Phi) is 8.68. The molecule has 1 rings (SSSR count). The van der Waals surface area contributed by atoms with Gasteiger partial charge in [-0.15, -0.1) is 0 Å². The van der Waals surface area contributed by atoms with Crippen LogP contribution in [0.1, 0.15) is 33.3 Å². The Labute approximate surface area is 138 Å². The van der Waals surface area contributed by atoms with Crippen molar-refractivity contribution >= 4 is 16.8 Å². The second kappa shape index (κ2) is 10.3. The third-order valence-electron chi connectivity index (χ3n) is 2.63. The number of hydrogen-bond donors (Lipinski definition) is 0. The number of benzene rings is 1. The average molecular weight is 319 g/mol. The summed E-state index contributed by atoms with van der Waals surface area (Å²) in [4.78, 5) is 4.64. The van der Waals surface area contributed by atoms with Gasteiger partial charge in [0, 0.05) is 18.4 Å². The third-order valence-corrected chi connectivity index (χ3v) is 3.68. The van der Waals surface area contributed by atoms with Crippen LogP contribution in [-0.4, -0.2) is 24.0 Å². The van der Waals surface area contributed by atoms with Crippen molar-refractivity contribution in [2.75, 3.05) is 6.61 Å². The SMILES string of the molecule is C=C=C(OC(C)OCC)C(=NC(C)C)SCc1ccccc1. The lowest BCUT2D eigenvalue weighted by Crippen LogP contribution is -2.16. The number of ether oxygens (including phenoxy) is 2. The van der Waals surface area contributed by atoms with Crippen molar-refractivity contribution in [1.29, 1.82) is 0 Å². The lowest BCUT2D eigenvalue weighted by atomic mass is 10.2. The average Bonchev–Trinajstić information content (AvgIpc) is 2.50. The van der Waals surface area contributed by atoms with Gasteiger partial charge in [0.15, 0.2) is 12.0 Å². The fraction of sp³-hybridized carbons (Fsp3) is 0.444. The lowest BCUT2D eigenvalue weighted by Gasteiger charge is -2.17. The number of thioether (sulfide) groups is 1. The second-order valence-corrected chi connectivity index (χ2v) is 5.91. The van der Waals surface area contributed by atoms with Gasteiger partial charge in [0.25, 0.3) is 0 Å². The third kappa shape index (κ3) is 6.99. The molecule has 4 heteroatoms. The summed E-state index contributed by atoms with van der Waals surface area (Å²) in [7, 11) is 0. The maximum atomic E-state index is 5.76. The van der Waals surface area contributed by atoms with Gasteiger partial charge in [0.1, 0.15) is 5.04 Å². The van der Waals surface area contributed by atoms with E-state index in [0.717, 1.165) is 10.8 Å². The number of aliphatic imine (C=N–C) groups is 1. The highest BCUT2D eigenvalue weighted by Crippen LogP contribution is 2.21. The Bertz CT molecular complexity index is 519. The summed E-state index contributed by atoms with van der Waals surface area (Å²) in [6, 6.07) is 10.5. The zero-order chi connectivity index (χ0) is 16.4. The molecule has 1 atom stereocenters. The van der Waals surface area contributed by atoms with Gasteiger partial charge < -0.3 is 9.47 Å². The molecule has 1 aromatic carbocycles. The summed E-state index contributed by atoms with van der Waals surface area (Å²) >= 11 is 1.63. The van der Waals surface area contributed by atoms with Crippen LogP contribution in [-0.2, 0) is 15.2 Å². The van der Waals surface area contributed by atoms with E-state index in [1.165, 1.54) is 5.56 Å². The molecule has 0 aliphatic carbocycles. The fourth-order valence-corrected chi connectivity index (χ4v) is 2.76. The van der Waals surface area contributed by atoms with Crippen LogP contribution in [0.15, 0.2) is 53.4 Å². The quantitative estimate of drug-likeness (QED) is 0.227. The molecule has 0 heterocycles. The van der Waals surface area contributed by atoms with E-state index in [4.69, 9.17) is 9.47 Å². The van der Waals surface area contributed by atoms with Crippen LogP contribution < -0.4 is 0 Å². The summed E-state index contributed by atoms with van der Waals surface area (Å²) in [6.07, 6.45) is -0.344. The summed E-state index contributed by atoms with van der Waals surface area (Å²) in [5, 5.41) is 0.806.